The molecule has 0 saturated carbocycles. The van der Waals surface area contributed by atoms with E-state index in [0.717, 1.165) is 6.54 Å². The summed E-state index contributed by atoms with van der Waals surface area (Å²) in [6.07, 6.45) is 12.3. The lowest BCUT2D eigenvalue weighted by Crippen LogP contribution is -2.17. The first kappa shape index (κ1) is 14.1. The number of hydrogen-bond acceptors (Lipinski definition) is 1. The lowest BCUT2D eigenvalue weighted by Gasteiger charge is -2.16. The molecule has 1 nitrogen and oxygen atoms in total. The highest BCUT2D eigenvalue weighted by Gasteiger charge is 2.06. The molecule has 0 radical (unpaired) electrons. The standard InChI is InChI=1S/C19H21N/c1-4-6-8-16(5-2)17-9-7-10-18(13-17)19-12-11-15(3)14-20-19/h4-13,20H,1,14H2,2-3H3/b8-6-,16-5+. The summed E-state index contributed by atoms with van der Waals surface area (Å²) in [6, 6.07) is 8.60. The van der Waals surface area contributed by atoms with Crippen molar-refractivity contribution in [2.75, 3.05) is 6.54 Å². The quantitative estimate of drug-likeness (QED) is 0.775. The van der Waals surface area contributed by atoms with Gasteiger partial charge in [0, 0.05) is 12.2 Å². The number of allylic oxidation sites excluding steroid dienone is 7. The minimum Gasteiger partial charge on any atom is -0.381 e. The monoisotopic (exact) mass is 263 g/mol. The molecule has 0 amide bonds. The van der Waals surface area contributed by atoms with Crippen molar-refractivity contribution in [3.8, 4) is 0 Å². The topological polar surface area (TPSA) is 12.0 Å². The van der Waals surface area contributed by atoms with Crippen LogP contribution in [0.1, 0.15) is 25.0 Å². The summed E-state index contributed by atoms with van der Waals surface area (Å²) >= 11 is 0. The zero-order chi connectivity index (χ0) is 14.4. The van der Waals surface area contributed by atoms with Gasteiger partial charge in [-0.3, -0.25) is 0 Å². The van der Waals surface area contributed by atoms with Crippen LogP contribution in [0, 0.1) is 0 Å². The molecule has 1 heteroatoms. The highest BCUT2D eigenvalue weighted by atomic mass is 14.9. The van der Waals surface area contributed by atoms with Crippen molar-refractivity contribution in [3.63, 3.8) is 0 Å². The molecule has 2 rings (SSSR count). The molecular formula is C19H21N. The minimum atomic E-state index is 0.920. The molecule has 0 aliphatic carbocycles. The highest BCUT2D eigenvalue weighted by Crippen LogP contribution is 2.22. The maximum absolute atomic E-state index is 3.72. The van der Waals surface area contributed by atoms with Crippen LogP contribution in [0.2, 0.25) is 0 Å². The van der Waals surface area contributed by atoms with Gasteiger partial charge >= 0.3 is 0 Å². The van der Waals surface area contributed by atoms with E-state index in [1.807, 2.05) is 6.08 Å². The van der Waals surface area contributed by atoms with Gasteiger partial charge in [0.15, 0.2) is 0 Å². The molecule has 20 heavy (non-hydrogen) atoms. The van der Waals surface area contributed by atoms with Crippen molar-refractivity contribution in [3.05, 3.63) is 84.0 Å². The van der Waals surface area contributed by atoms with Gasteiger partial charge < -0.3 is 5.32 Å². The van der Waals surface area contributed by atoms with E-state index in [1.165, 1.54) is 28.0 Å². The Kier molecular flexibility index (Phi) is 4.78. The third-order valence-electron chi connectivity index (χ3n) is 3.32. The van der Waals surface area contributed by atoms with E-state index in [0.29, 0.717) is 0 Å². The van der Waals surface area contributed by atoms with E-state index >= 15 is 0 Å². The van der Waals surface area contributed by atoms with Crippen LogP contribution in [0.25, 0.3) is 11.3 Å². The third kappa shape index (κ3) is 3.39. The van der Waals surface area contributed by atoms with E-state index in [9.17, 15) is 0 Å². The molecule has 0 aromatic heterocycles. The third-order valence-corrected chi connectivity index (χ3v) is 3.32. The molecule has 0 saturated heterocycles. The molecule has 1 aliphatic rings. The Balaban J connectivity index is 2.33. The normalized spacial score (nSPS) is 15.6. The van der Waals surface area contributed by atoms with Crippen molar-refractivity contribution in [1.82, 2.24) is 5.32 Å². The first-order valence-corrected chi connectivity index (χ1v) is 6.92. The second kappa shape index (κ2) is 6.76. The maximum atomic E-state index is 3.72. The minimum absolute atomic E-state index is 0.920. The van der Waals surface area contributed by atoms with Crippen LogP contribution >= 0.6 is 0 Å². The molecule has 0 atom stereocenters. The molecule has 0 fully saturated rings. The fraction of sp³-hybridized carbons (Fsp3) is 0.158. The SMILES string of the molecule is C=C/C=C\C(=C/C)c1cccc(C2=CC=C(C)CN2)c1. The molecule has 1 aromatic carbocycles. The fourth-order valence-electron chi connectivity index (χ4n) is 2.17. The first-order chi connectivity index (χ1) is 9.74. The average Bonchev–Trinajstić information content (AvgIpc) is 2.49. The second-order valence-electron chi connectivity index (χ2n) is 4.87. The van der Waals surface area contributed by atoms with Crippen LogP contribution in [0.15, 0.2) is 72.9 Å². The van der Waals surface area contributed by atoms with Crippen molar-refractivity contribution in [2.45, 2.75) is 13.8 Å². The molecular weight excluding hydrogens is 242 g/mol. The van der Waals surface area contributed by atoms with Gasteiger partial charge in [0.25, 0.3) is 0 Å². The van der Waals surface area contributed by atoms with Gasteiger partial charge in [0.2, 0.25) is 0 Å². The van der Waals surface area contributed by atoms with Crippen LogP contribution in [0.4, 0.5) is 0 Å². The lowest BCUT2D eigenvalue weighted by atomic mass is 10.00. The number of dihydropyridines is 1. The summed E-state index contributed by atoms with van der Waals surface area (Å²) in [5, 5.41) is 3.45. The molecule has 0 unspecified atom stereocenters. The highest BCUT2D eigenvalue weighted by molar-refractivity contribution is 5.77. The van der Waals surface area contributed by atoms with Gasteiger partial charge in [-0.2, -0.15) is 0 Å². The summed E-state index contributed by atoms with van der Waals surface area (Å²) < 4.78 is 0. The van der Waals surface area contributed by atoms with Gasteiger partial charge in [-0.1, -0.05) is 60.7 Å². The summed E-state index contributed by atoms with van der Waals surface area (Å²) in [4.78, 5) is 0. The van der Waals surface area contributed by atoms with Gasteiger partial charge in [0.05, 0.1) is 0 Å². The molecule has 102 valence electrons. The number of rotatable bonds is 4. The molecule has 0 bridgehead atoms. The fourth-order valence-corrected chi connectivity index (χ4v) is 2.17. The molecule has 1 aliphatic heterocycles. The molecule has 1 aromatic rings. The van der Waals surface area contributed by atoms with Crippen molar-refractivity contribution in [1.29, 1.82) is 0 Å². The van der Waals surface area contributed by atoms with Crippen LogP contribution in [0.5, 0.6) is 0 Å². The number of benzene rings is 1. The first-order valence-electron chi connectivity index (χ1n) is 6.92. The van der Waals surface area contributed by atoms with Gasteiger partial charge in [-0.05, 0) is 42.7 Å². The summed E-state index contributed by atoms with van der Waals surface area (Å²) in [5.41, 5.74) is 6.18. The molecule has 0 spiro atoms. The Labute approximate surface area is 121 Å². The van der Waals surface area contributed by atoms with E-state index in [2.05, 4.69) is 74.3 Å². The predicted molar refractivity (Wildman–Crippen MR) is 89.2 cm³/mol. The Morgan fingerprint density at radius 3 is 2.80 bits per heavy atom. The lowest BCUT2D eigenvalue weighted by molar-refractivity contribution is 0.941. The molecule has 1 heterocycles. The Bertz CT molecular complexity index is 612. The Hall–Kier alpha value is -2.28. The zero-order valence-electron chi connectivity index (χ0n) is 12.2. The van der Waals surface area contributed by atoms with Crippen LogP contribution in [0.3, 0.4) is 0 Å². The average molecular weight is 263 g/mol. The number of hydrogen-bond donors (Lipinski definition) is 1. The second-order valence-corrected chi connectivity index (χ2v) is 4.87. The van der Waals surface area contributed by atoms with Crippen LogP contribution < -0.4 is 5.32 Å². The van der Waals surface area contributed by atoms with E-state index < -0.39 is 0 Å². The van der Waals surface area contributed by atoms with Crippen LogP contribution in [-0.4, -0.2) is 6.54 Å². The Morgan fingerprint density at radius 1 is 1.30 bits per heavy atom. The van der Waals surface area contributed by atoms with Crippen LogP contribution in [-0.2, 0) is 0 Å². The Morgan fingerprint density at radius 2 is 2.15 bits per heavy atom. The van der Waals surface area contributed by atoms with Crippen molar-refractivity contribution in [2.24, 2.45) is 0 Å². The zero-order valence-corrected chi connectivity index (χ0v) is 12.2. The smallest absolute Gasteiger partial charge is 0.0416 e. The predicted octanol–water partition coefficient (Wildman–Crippen LogP) is 4.72. The van der Waals surface area contributed by atoms with E-state index in [1.54, 1.807) is 6.08 Å². The summed E-state index contributed by atoms with van der Waals surface area (Å²) in [7, 11) is 0. The van der Waals surface area contributed by atoms with Crippen molar-refractivity contribution < 1.29 is 0 Å². The number of nitrogens with one attached hydrogen (secondary N) is 1. The van der Waals surface area contributed by atoms with Gasteiger partial charge in [-0.15, -0.1) is 0 Å². The van der Waals surface area contributed by atoms with Crippen molar-refractivity contribution >= 4 is 11.3 Å². The van der Waals surface area contributed by atoms with Gasteiger partial charge in [-0.25, -0.2) is 0 Å². The molecule has 1 N–H and O–H groups in total. The largest absolute Gasteiger partial charge is 0.381 e. The van der Waals surface area contributed by atoms with E-state index in [4.69, 9.17) is 0 Å². The van der Waals surface area contributed by atoms with E-state index in [-0.39, 0.29) is 0 Å². The van der Waals surface area contributed by atoms with Gasteiger partial charge in [0.1, 0.15) is 0 Å². The summed E-state index contributed by atoms with van der Waals surface area (Å²) in [6.45, 7) is 8.83. The summed E-state index contributed by atoms with van der Waals surface area (Å²) in [5.74, 6) is 0. The maximum Gasteiger partial charge on any atom is 0.0416 e.